The number of pyridine rings is 1. The normalized spacial score (nSPS) is 14.5. The number of ether oxygens (including phenoxy) is 1. The third-order valence-electron chi connectivity index (χ3n) is 3.64. The summed E-state index contributed by atoms with van der Waals surface area (Å²) in [6.07, 6.45) is 1.58. The summed E-state index contributed by atoms with van der Waals surface area (Å²) in [5.41, 5.74) is 1.04. The zero-order chi connectivity index (χ0) is 17.1. The van der Waals surface area contributed by atoms with E-state index in [0.29, 0.717) is 23.6 Å². The fourth-order valence-electron chi connectivity index (χ4n) is 2.51. The summed E-state index contributed by atoms with van der Waals surface area (Å²) >= 11 is 0. The second-order valence-electron chi connectivity index (χ2n) is 5.20. The average Bonchev–Trinajstić information content (AvgIpc) is 2.81. The van der Waals surface area contributed by atoms with E-state index < -0.39 is 17.6 Å². The number of carbonyl (C=O) groups is 2. The van der Waals surface area contributed by atoms with E-state index in [4.69, 9.17) is 4.74 Å². The summed E-state index contributed by atoms with van der Waals surface area (Å²) in [5, 5.41) is 10.1. The predicted molar refractivity (Wildman–Crippen MR) is 87.0 cm³/mol. The van der Waals surface area contributed by atoms with E-state index >= 15 is 0 Å². The molecule has 0 saturated carbocycles. The van der Waals surface area contributed by atoms with Crippen molar-refractivity contribution in [3.05, 3.63) is 65.7 Å². The highest BCUT2D eigenvalue weighted by molar-refractivity contribution is 6.34. The fourth-order valence-corrected chi connectivity index (χ4v) is 2.51. The van der Waals surface area contributed by atoms with Crippen LogP contribution in [0.25, 0.3) is 5.57 Å². The second kappa shape index (κ2) is 6.54. The standard InChI is InChI=1S/C18H16N2O4/c1-2-24-14-8-6-12(7-9-14)15-16(21)18(23)20(17(15)22)11-13-5-3-4-10-19-13/h3-10,21H,2,11H2,1H3. The van der Waals surface area contributed by atoms with Gasteiger partial charge in [0.15, 0.2) is 5.76 Å². The molecule has 2 heterocycles. The largest absolute Gasteiger partial charge is 0.502 e. The van der Waals surface area contributed by atoms with Crippen LogP contribution in [-0.2, 0) is 16.1 Å². The lowest BCUT2D eigenvalue weighted by Crippen LogP contribution is -2.31. The van der Waals surface area contributed by atoms with Gasteiger partial charge in [-0.05, 0) is 36.8 Å². The van der Waals surface area contributed by atoms with Crippen molar-refractivity contribution < 1.29 is 19.4 Å². The van der Waals surface area contributed by atoms with Gasteiger partial charge < -0.3 is 9.84 Å². The fraction of sp³-hybridized carbons (Fsp3) is 0.167. The Hall–Kier alpha value is -3.15. The van der Waals surface area contributed by atoms with E-state index in [1.165, 1.54) is 0 Å². The van der Waals surface area contributed by atoms with Gasteiger partial charge >= 0.3 is 0 Å². The minimum Gasteiger partial charge on any atom is -0.502 e. The molecule has 1 N–H and O–H groups in total. The number of aromatic nitrogens is 1. The molecule has 0 unspecified atom stereocenters. The number of benzene rings is 1. The monoisotopic (exact) mass is 324 g/mol. The van der Waals surface area contributed by atoms with Crippen LogP contribution in [0.3, 0.4) is 0 Å². The molecule has 2 amide bonds. The highest BCUT2D eigenvalue weighted by atomic mass is 16.5. The van der Waals surface area contributed by atoms with Crippen LogP contribution in [0.4, 0.5) is 0 Å². The number of rotatable bonds is 5. The third kappa shape index (κ3) is 2.86. The van der Waals surface area contributed by atoms with Crippen molar-refractivity contribution >= 4 is 17.4 Å². The van der Waals surface area contributed by atoms with Crippen LogP contribution >= 0.6 is 0 Å². The molecule has 122 valence electrons. The Kier molecular flexibility index (Phi) is 4.29. The minimum atomic E-state index is -0.713. The van der Waals surface area contributed by atoms with E-state index in [1.807, 2.05) is 6.92 Å². The predicted octanol–water partition coefficient (Wildman–Crippen LogP) is 2.32. The molecule has 0 atom stereocenters. The number of amides is 2. The van der Waals surface area contributed by atoms with Gasteiger partial charge in [-0.25, -0.2) is 0 Å². The molecule has 1 aromatic carbocycles. The summed E-state index contributed by atoms with van der Waals surface area (Å²) in [5.74, 6) is -1.13. The Morgan fingerprint density at radius 2 is 1.83 bits per heavy atom. The first-order valence-electron chi connectivity index (χ1n) is 7.54. The van der Waals surface area contributed by atoms with Crippen LogP contribution in [0, 0.1) is 0 Å². The van der Waals surface area contributed by atoms with Gasteiger partial charge in [-0.3, -0.25) is 19.5 Å². The highest BCUT2D eigenvalue weighted by Gasteiger charge is 2.39. The summed E-state index contributed by atoms with van der Waals surface area (Å²) in [6, 6.07) is 11.9. The van der Waals surface area contributed by atoms with Crippen LogP contribution in [0.15, 0.2) is 54.4 Å². The number of aliphatic hydroxyl groups excluding tert-OH is 1. The molecule has 24 heavy (non-hydrogen) atoms. The third-order valence-corrected chi connectivity index (χ3v) is 3.64. The van der Waals surface area contributed by atoms with E-state index in [2.05, 4.69) is 4.98 Å². The maximum Gasteiger partial charge on any atom is 0.296 e. The first kappa shape index (κ1) is 15.7. The molecule has 6 heteroatoms. The van der Waals surface area contributed by atoms with Crippen molar-refractivity contribution in [2.45, 2.75) is 13.5 Å². The number of imide groups is 1. The van der Waals surface area contributed by atoms with Gasteiger partial charge in [-0.15, -0.1) is 0 Å². The van der Waals surface area contributed by atoms with Crippen molar-refractivity contribution in [1.29, 1.82) is 0 Å². The maximum atomic E-state index is 12.6. The van der Waals surface area contributed by atoms with E-state index in [9.17, 15) is 14.7 Å². The molecule has 1 aliphatic heterocycles. The van der Waals surface area contributed by atoms with Gasteiger partial charge in [0.1, 0.15) is 5.75 Å². The SMILES string of the molecule is CCOc1ccc(C2=C(O)C(=O)N(Cc3ccccn3)C2=O)cc1. The number of hydrogen-bond acceptors (Lipinski definition) is 5. The van der Waals surface area contributed by atoms with Crippen LogP contribution in [-0.4, -0.2) is 33.4 Å². The molecule has 1 aromatic heterocycles. The lowest BCUT2D eigenvalue weighted by molar-refractivity contribution is -0.138. The average molecular weight is 324 g/mol. The zero-order valence-electron chi connectivity index (χ0n) is 13.1. The molecule has 1 aliphatic rings. The van der Waals surface area contributed by atoms with E-state index in [-0.39, 0.29) is 12.1 Å². The van der Waals surface area contributed by atoms with Crippen molar-refractivity contribution in [2.24, 2.45) is 0 Å². The molecule has 2 aromatic rings. The first-order chi connectivity index (χ1) is 11.6. The number of nitrogens with zero attached hydrogens (tertiary/aromatic N) is 2. The molecule has 3 rings (SSSR count). The van der Waals surface area contributed by atoms with Gasteiger partial charge in [-0.2, -0.15) is 0 Å². The van der Waals surface area contributed by atoms with Gasteiger partial charge in [-0.1, -0.05) is 18.2 Å². The quantitative estimate of drug-likeness (QED) is 0.854. The second-order valence-corrected chi connectivity index (χ2v) is 5.20. The summed E-state index contributed by atoms with van der Waals surface area (Å²) in [7, 11) is 0. The number of hydrogen-bond donors (Lipinski definition) is 1. The minimum absolute atomic E-state index is 0.000945. The molecule has 0 spiro atoms. The Balaban J connectivity index is 1.86. The van der Waals surface area contributed by atoms with E-state index in [0.717, 1.165) is 4.90 Å². The zero-order valence-corrected chi connectivity index (χ0v) is 13.1. The first-order valence-corrected chi connectivity index (χ1v) is 7.54. The van der Waals surface area contributed by atoms with Gasteiger partial charge in [0.2, 0.25) is 0 Å². The Labute approximate surface area is 139 Å². The van der Waals surface area contributed by atoms with Crippen LogP contribution in [0.5, 0.6) is 5.75 Å². The van der Waals surface area contributed by atoms with E-state index in [1.54, 1.807) is 48.7 Å². The molecule has 0 radical (unpaired) electrons. The summed E-state index contributed by atoms with van der Waals surface area (Å²) < 4.78 is 5.35. The number of carbonyl (C=O) groups excluding carboxylic acids is 2. The van der Waals surface area contributed by atoms with Crippen molar-refractivity contribution in [2.75, 3.05) is 6.61 Å². The molecular formula is C18H16N2O4. The lowest BCUT2D eigenvalue weighted by atomic mass is 10.1. The molecular weight excluding hydrogens is 308 g/mol. The lowest BCUT2D eigenvalue weighted by Gasteiger charge is -2.13. The van der Waals surface area contributed by atoms with Crippen LogP contribution in [0.1, 0.15) is 18.2 Å². The van der Waals surface area contributed by atoms with Gasteiger partial charge in [0.25, 0.3) is 11.8 Å². The van der Waals surface area contributed by atoms with Gasteiger partial charge in [0.05, 0.1) is 24.4 Å². The Bertz CT molecular complexity index is 798. The van der Waals surface area contributed by atoms with Crippen molar-refractivity contribution in [3.63, 3.8) is 0 Å². The topological polar surface area (TPSA) is 79.7 Å². The molecule has 0 saturated heterocycles. The number of aliphatic hydroxyl groups is 1. The van der Waals surface area contributed by atoms with Crippen LogP contribution < -0.4 is 4.74 Å². The highest BCUT2D eigenvalue weighted by Crippen LogP contribution is 2.29. The summed E-state index contributed by atoms with van der Waals surface area (Å²) in [6.45, 7) is 2.42. The molecule has 0 bridgehead atoms. The molecule has 0 fully saturated rings. The Morgan fingerprint density at radius 1 is 1.08 bits per heavy atom. The Morgan fingerprint density at radius 3 is 2.46 bits per heavy atom. The summed E-state index contributed by atoms with van der Waals surface area (Å²) in [4.78, 5) is 29.9. The van der Waals surface area contributed by atoms with Crippen molar-refractivity contribution in [3.8, 4) is 5.75 Å². The molecule has 6 nitrogen and oxygen atoms in total. The molecule has 0 aliphatic carbocycles. The van der Waals surface area contributed by atoms with Gasteiger partial charge in [0, 0.05) is 6.20 Å². The van der Waals surface area contributed by atoms with Crippen molar-refractivity contribution in [1.82, 2.24) is 9.88 Å². The maximum absolute atomic E-state index is 12.6. The van der Waals surface area contributed by atoms with Crippen LogP contribution in [0.2, 0.25) is 0 Å². The smallest absolute Gasteiger partial charge is 0.296 e.